The summed E-state index contributed by atoms with van der Waals surface area (Å²) in [6.45, 7) is 0.891. The second kappa shape index (κ2) is 8.19. The van der Waals surface area contributed by atoms with Crippen molar-refractivity contribution in [1.29, 1.82) is 0 Å². The number of hydroxylamine groups is 1. The molecule has 5 nitrogen and oxygen atoms in total. The van der Waals surface area contributed by atoms with Crippen molar-refractivity contribution in [2.24, 2.45) is 0 Å². The monoisotopic (exact) mass is 395 g/mol. The van der Waals surface area contributed by atoms with E-state index >= 15 is 0 Å². The fourth-order valence-electron chi connectivity index (χ4n) is 3.90. The Morgan fingerprint density at radius 1 is 1.29 bits per heavy atom. The number of hydrogen-bond acceptors (Lipinski definition) is 3. The first-order valence-corrected chi connectivity index (χ1v) is 9.76. The molecule has 0 aliphatic heterocycles. The molecule has 0 saturated carbocycles. The van der Waals surface area contributed by atoms with Gasteiger partial charge in [0.2, 0.25) is 0 Å². The Morgan fingerprint density at radius 3 is 3.04 bits per heavy atom. The van der Waals surface area contributed by atoms with Gasteiger partial charge in [-0.3, -0.25) is 10.0 Å². The first-order valence-electron chi connectivity index (χ1n) is 9.38. The van der Waals surface area contributed by atoms with Crippen LogP contribution in [0.1, 0.15) is 34.7 Å². The lowest BCUT2D eigenvalue weighted by Crippen LogP contribution is -2.21. The van der Waals surface area contributed by atoms with Crippen LogP contribution in [0.25, 0.3) is 17.0 Å². The second-order valence-corrected chi connectivity index (χ2v) is 7.50. The molecule has 1 amide bonds. The maximum atomic E-state index is 11.1. The lowest BCUT2D eigenvalue weighted by Gasteiger charge is -2.14. The molecular weight excluding hydrogens is 374 g/mol. The number of benzene rings is 2. The molecule has 28 heavy (non-hydrogen) atoms. The number of rotatable bonds is 6. The zero-order valence-corrected chi connectivity index (χ0v) is 16.1. The molecule has 1 atom stereocenters. The molecule has 2 aromatic carbocycles. The molecule has 1 heterocycles. The molecule has 144 valence electrons. The minimum absolute atomic E-state index is 0.350. The largest absolute Gasteiger partial charge is 0.361 e. The topological polar surface area (TPSA) is 77.2 Å². The molecule has 4 rings (SSSR count). The molecule has 1 aromatic heterocycles. The van der Waals surface area contributed by atoms with E-state index in [4.69, 9.17) is 16.8 Å². The van der Waals surface area contributed by atoms with Crippen molar-refractivity contribution < 1.29 is 10.0 Å². The van der Waals surface area contributed by atoms with Gasteiger partial charge in [-0.1, -0.05) is 29.8 Å². The minimum atomic E-state index is -0.529. The third-order valence-corrected chi connectivity index (χ3v) is 5.53. The van der Waals surface area contributed by atoms with Crippen molar-refractivity contribution in [2.75, 3.05) is 6.54 Å². The summed E-state index contributed by atoms with van der Waals surface area (Å²) in [5.74, 6) is -0.529. The number of amides is 1. The van der Waals surface area contributed by atoms with Gasteiger partial charge in [-0.2, -0.15) is 0 Å². The smallest absolute Gasteiger partial charge is 0.267 e. The lowest BCUT2D eigenvalue weighted by molar-refractivity contribution is -0.124. The van der Waals surface area contributed by atoms with Gasteiger partial charge in [0.25, 0.3) is 5.91 Å². The Kier molecular flexibility index (Phi) is 5.48. The van der Waals surface area contributed by atoms with E-state index in [1.54, 1.807) is 11.6 Å². The molecule has 6 heteroatoms. The number of aromatic nitrogens is 1. The van der Waals surface area contributed by atoms with Gasteiger partial charge in [0.05, 0.1) is 0 Å². The maximum absolute atomic E-state index is 11.1. The van der Waals surface area contributed by atoms with Crippen LogP contribution in [-0.4, -0.2) is 22.6 Å². The van der Waals surface area contributed by atoms with Crippen molar-refractivity contribution in [3.63, 3.8) is 0 Å². The zero-order chi connectivity index (χ0) is 19.5. The maximum Gasteiger partial charge on any atom is 0.267 e. The number of carbonyl (C=O) groups excluding carboxylic acids is 1. The van der Waals surface area contributed by atoms with Crippen LogP contribution in [0.2, 0.25) is 5.02 Å². The molecular formula is C22H22ClN3O2. The minimum Gasteiger partial charge on any atom is -0.361 e. The average Bonchev–Trinajstić information content (AvgIpc) is 3.30. The molecule has 1 unspecified atom stereocenters. The molecule has 0 radical (unpaired) electrons. The zero-order valence-electron chi connectivity index (χ0n) is 15.3. The Labute approximate surface area is 168 Å². The molecule has 1 aliphatic rings. The van der Waals surface area contributed by atoms with Gasteiger partial charge >= 0.3 is 0 Å². The number of fused-ring (bicyclic) bond motifs is 2. The summed E-state index contributed by atoms with van der Waals surface area (Å²) < 4.78 is 0. The van der Waals surface area contributed by atoms with Crippen molar-refractivity contribution in [2.45, 2.75) is 25.3 Å². The van der Waals surface area contributed by atoms with Gasteiger partial charge in [-0.15, -0.1) is 0 Å². The van der Waals surface area contributed by atoms with Crippen LogP contribution in [0.15, 0.2) is 48.7 Å². The van der Waals surface area contributed by atoms with Crippen molar-refractivity contribution in [3.8, 4) is 0 Å². The van der Waals surface area contributed by atoms with Crippen LogP contribution in [0.5, 0.6) is 0 Å². The first kappa shape index (κ1) is 18.7. The molecule has 3 aromatic rings. The summed E-state index contributed by atoms with van der Waals surface area (Å²) in [5.41, 5.74) is 7.57. The SMILES string of the molecule is O=C(/C=C/c1ccc2c(c1)CCC2NCCc1c[nH]c2ccc(Cl)cc12)NO. The van der Waals surface area contributed by atoms with Gasteiger partial charge in [0.1, 0.15) is 0 Å². The molecule has 0 saturated heterocycles. The number of hydrogen-bond donors (Lipinski definition) is 4. The van der Waals surface area contributed by atoms with Gasteiger partial charge in [-0.05, 0) is 72.3 Å². The molecule has 1 aliphatic carbocycles. The average molecular weight is 396 g/mol. The first-order chi connectivity index (χ1) is 13.6. The fraction of sp³-hybridized carbons (Fsp3) is 0.227. The highest BCUT2D eigenvalue weighted by molar-refractivity contribution is 6.31. The van der Waals surface area contributed by atoms with Crippen molar-refractivity contribution in [1.82, 2.24) is 15.8 Å². The van der Waals surface area contributed by atoms with E-state index in [2.05, 4.69) is 28.6 Å². The number of aromatic amines is 1. The van der Waals surface area contributed by atoms with Crippen LogP contribution in [0.3, 0.4) is 0 Å². The molecule has 4 N–H and O–H groups in total. The van der Waals surface area contributed by atoms with Gasteiger partial charge < -0.3 is 10.3 Å². The summed E-state index contributed by atoms with van der Waals surface area (Å²) in [6, 6.07) is 12.5. The highest BCUT2D eigenvalue weighted by Crippen LogP contribution is 2.32. The van der Waals surface area contributed by atoms with E-state index in [-0.39, 0.29) is 0 Å². The molecule has 0 fully saturated rings. The van der Waals surface area contributed by atoms with Gasteiger partial charge in [0.15, 0.2) is 0 Å². The van der Waals surface area contributed by atoms with E-state index in [1.165, 1.54) is 28.2 Å². The number of halogens is 1. The van der Waals surface area contributed by atoms with E-state index in [1.807, 2.05) is 24.3 Å². The Bertz CT molecular complexity index is 1040. The summed E-state index contributed by atoms with van der Waals surface area (Å²) >= 11 is 6.13. The Balaban J connectivity index is 1.39. The number of nitrogens with one attached hydrogen (secondary N) is 3. The number of H-pyrrole nitrogens is 1. The van der Waals surface area contributed by atoms with Crippen LogP contribution < -0.4 is 10.8 Å². The highest BCUT2D eigenvalue weighted by atomic mass is 35.5. The number of carbonyl (C=O) groups is 1. The van der Waals surface area contributed by atoms with Crippen LogP contribution >= 0.6 is 11.6 Å². The van der Waals surface area contributed by atoms with Gasteiger partial charge in [-0.25, -0.2) is 5.48 Å². The predicted octanol–water partition coefficient (Wildman–Crippen LogP) is 4.16. The normalized spacial score (nSPS) is 16.0. The van der Waals surface area contributed by atoms with Crippen LogP contribution in [-0.2, 0) is 17.6 Å². The van der Waals surface area contributed by atoms with E-state index in [0.717, 1.165) is 41.9 Å². The summed E-state index contributed by atoms with van der Waals surface area (Å²) in [7, 11) is 0. The Morgan fingerprint density at radius 2 is 2.18 bits per heavy atom. The predicted molar refractivity (Wildman–Crippen MR) is 111 cm³/mol. The Hall–Kier alpha value is -2.60. The highest BCUT2D eigenvalue weighted by Gasteiger charge is 2.21. The summed E-state index contributed by atoms with van der Waals surface area (Å²) in [6.07, 6.45) is 8.10. The number of aryl methyl sites for hydroxylation is 1. The third-order valence-electron chi connectivity index (χ3n) is 5.30. The van der Waals surface area contributed by atoms with Crippen molar-refractivity contribution >= 4 is 34.5 Å². The van der Waals surface area contributed by atoms with Crippen LogP contribution in [0.4, 0.5) is 0 Å². The standard InChI is InChI=1S/C22H22ClN3O2/c23-17-4-7-21-19(12-17)16(13-25-21)9-10-24-20-6-3-15-11-14(1-5-18(15)20)2-8-22(27)26-28/h1-2,4-5,7-8,11-13,20,24-25,28H,3,6,9-10H2,(H,26,27)/b8-2+. The fourth-order valence-corrected chi connectivity index (χ4v) is 4.07. The van der Waals surface area contributed by atoms with Gasteiger partial charge in [0, 0.05) is 34.2 Å². The second-order valence-electron chi connectivity index (χ2n) is 7.07. The quantitative estimate of drug-likeness (QED) is 0.287. The summed E-state index contributed by atoms with van der Waals surface area (Å²) in [5, 5.41) is 14.2. The molecule has 0 bridgehead atoms. The third kappa shape index (κ3) is 3.97. The van der Waals surface area contributed by atoms with E-state index in [0.29, 0.717) is 6.04 Å². The summed E-state index contributed by atoms with van der Waals surface area (Å²) in [4.78, 5) is 14.4. The lowest BCUT2D eigenvalue weighted by atomic mass is 10.0. The molecule has 0 spiro atoms. The van der Waals surface area contributed by atoms with Crippen molar-refractivity contribution in [3.05, 3.63) is 75.9 Å². The van der Waals surface area contributed by atoms with E-state index in [9.17, 15) is 4.79 Å². The van der Waals surface area contributed by atoms with Crippen LogP contribution in [0, 0.1) is 0 Å². The van der Waals surface area contributed by atoms with E-state index < -0.39 is 5.91 Å².